The third kappa shape index (κ3) is 3.87. The number of aliphatic imine (C=N–C) groups is 1. The lowest BCUT2D eigenvalue weighted by molar-refractivity contribution is 0.395. The van der Waals surface area contributed by atoms with E-state index in [1.807, 2.05) is 19.2 Å². The molecule has 0 atom stereocenters. The molecule has 0 amide bonds. The van der Waals surface area contributed by atoms with Crippen molar-refractivity contribution in [3.8, 4) is 0 Å². The Morgan fingerprint density at radius 2 is 2.23 bits per heavy atom. The Kier molecular flexibility index (Phi) is 5.97. The van der Waals surface area contributed by atoms with Crippen LogP contribution in [0.3, 0.4) is 0 Å². The Balaban J connectivity index is 1.89. The van der Waals surface area contributed by atoms with Crippen LogP contribution in [-0.4, -0.2) is 39.7 Å². The fraction of sp³-hybridized carbons (Fsp3) is 0.400. The summed E-state index contributed by atoms with van der Waals surface area (Å²) >= 11 is 9.45. The minimum absolute atomic E-state index is 0.506. The molecule has 0 fully saturated rings. The van der Waals surface area contributed by atoms with E-state index >= 15 is 0 Å². The zero-order valence-electron chi connectivity index (χ0n) is 12.8. The highest BCUT2D eigenvalue weighted by molar-refractivity contribution is 9.11. The number of nitrogens with zero attached hydrogens (tertiary/aromatic N) is 5. The number of fused-ring (bicyclic) bond motifs is 1. The normalized spacial score (nSPS) is 12.4. The van der Waals surface area contributed by atoms with Gasteiger partial charge in [0.2, 0.25) is 0 Å². The summed E-state index contributed by atoms with van der Waals surface area (Å²) in [7, 11) is 2.06. The predicted molar refractivity (Wildman–Crippen MR) is 95.6 cm³/mol. The molecule has 2 aromatic heterocycles. The van der Waals surface area contributed by atoms with E-state index in [-0.39, 0.29) is 0 Å². The van der Waals surface area contributed by atoms with Crippen LogP contribution in [0.15, 0.2) is 33.9 Å². The van der Waals surface area contributed by atoms with Crippen molar-refractivity contribution in [1.82, 2.24) is 19.4 Å². The van der Waals surface area contributed by atoms with Gasteiger partial charge in [-0.25, -0.2) is 9.97 Å². The maximum Gasteiger partial charge on any atom is 0.144 e. The average molecular weight is 385 g/mol. The molecule has 2 aromatic rings. The van der Waals surface area contributed by atoms with E-state index in [2.05, 4.69) is 54.1 Å². The smallest absolute Gasteiger partial charge is 0.144 e. The van der Waals surface area contributed by atoms with Crippen LogP contribution in [0.4, 0.5) is 0 Å². The summed E-state index contributed by atoms with van der Waals surface area (Å²) in [6.45, 7) is 7.42. The third-order valence-electron chi connectivity index (χ3n) is 3.66. The number of halogens is 2. The first kappa shape index (κ1) is 17.0. The maximum absolute atomic E-state index is 6.06. The largest absolute Gasteiger partial charge is 0.376 e. The highest BCUT2D eigenvalue weighted by Crippen LogP contribution is 2.20. The van der Waals surface area contributed by atoms with Crippen LogP contribution in [0.5, 0.6) is 0 Å². The van der Waals surface area contributed by atoms with Gasteiger partial charge in [0.25, 0.3) is 0 Å². The van der Waals surface area contributed by atoms with E-state index in [9.17, 15) is 0 Å². The van der Waals surface area contributed by atoms with Gasteiger partial charge in [-0.1, -0.05) is 11.6 Å². The number of unbranched alkanes of at least 4 members (excludes halogenated alkanes) is 1. The Labute approximate surface area is 143 Å². The Morgan fingerprint density at radius 3 is 2.95 bits per heavy atom. The minimum atomic E-state index is 0.506. The van der Waals surface area contributed by atoms with Crippen molar-refractivity contribution in [3.05, 3.63) is 34.0 Å². The van der Waals surface area contributed by atoms with E-state index in [1.54, 1.807) is 0 Å². The standard InChI is InChI=1S/C15H19BrClN5/c1-11(13(16)18-2)21(3)7-4-5-8-22-9-6-12-14(17)19-10-20-15(12)22/h6,9-10H,2,4-5,7-8H2,1,3H3/b13-11-. The van der Waals surface area contributed by atoms with Gasteiger partial charge in [-0.3, -0.25) is 4.99 Å². The quantitative estimate of drug-likeness (QED) is 0.313. The molecule has 118 valence electrons. The summed E-state index contributed by atoms with van der Waals surface area (Å²) in [5, 5.41) is 1.41. The van der Waals surface area contributed by atoms with Gasteiger partial charge in [-0.2, -0.15) is 0 Å². The van der Waals surface area contributed by atoms with Crippen molar-refractivity contribution in [2.24, 2.45) is 4.99 Å². The number of aromatic nitrogens is 3. The number of rotatable bonds is 7. The van der Waals surface area contributed by atoms with Crippen molar-refractivity contribution >= 4 is 45.3 Å². The first-order valence-electron chi connectivity index (χ1n) is 7.04. The lowest BCUT2D eigenvalue weighted by atomic mass is 10.3. The lowest BCUT2D eigenvalue weighted by Crippen LogP contribution is -2.18. The molecule has 0 unspecified atom stereocenters. The van der Waals surface area contributed by atoms with Crippen LogP contribution in [0.2, 0.25) is 5.15 Å². The fourth-order valence-corrected chi connectivity index (χ4v) is 2.72. The number of aryl methyl sites for hydroxylation is 1. The summed E-state index contributed by atoms with van der Waals surface area (Å²) in [6, 6.07) is 1.96. The van der Waals surface area contributed by atoms with Gasteiger partial charge in [0, 0.05) is 32.0 Å². The highest BCUT2D eigenvalue weighted by Gasteiger charge is 2.07. The molecule has 0 saturated carbocycles. The van der Waals surface area contributed by atoms with Crippen molar-refractivity contribution in [2.45, 2.75) is 26.3 Å². The molecule has 0 aliphatic rings. The van der Waals surface area contributed by atoms with Gasteiger partial charge in [0.05, 0.1) is 5.39 Å². The predicted octanol–water partition coefficient (Wildman–Crippen LogP) is 4.08. The van der Waals surface area contributed by atoms with Crippen LogP contribution < -0.4 is 0 Å². The molecule has 0 aliphatic carbocycles. The Hall–Kier alpha value is -1.40. The van der Waals surface area contributed by atoms with Crippen LogP contribution in [0, 0.1) is 0 Å². The molecule has 0 aromatic carbocycles. The first-order valence-corrected chi connectivity index (χ1v) is 8.21. The van der Waals surface area contributed by atoms with Crippen molar-refractivity contribution in [1.29, 1.82) is 0 Å². The number of allylic oxidation sites excluding steroid dienone is 1. The molecule has 0 saturated heterocycles. The Morgan fingerprint density at radius 1 is 1.45 bits per heavy atom. The van der Waals surface area contributed by atoms with E-state index in [1.165, 1.54) is 6.33 Å². The van der Waals surface area contributed by atoms with Gasteiger partial charge < -0.3 is 9.47 Å². The van der Waals surface area contributed by atoms with Gasteiger partial charge in [-0.15, -0.1) is 0 Å². The topological polar surface area (TPSA) is 46.3 Å². The van der Waals surface area contributed by atoms with Gasteiger partial charge in [-0.05, 0) is 48.5 Å². The summed E-state index contributed by atoms with van der Waals surface area (Å²) in [5.74, 6) is 0. The molecule has 0 spiro atoms. The van der Waals surface area contributed by atoms with Crippen molar-refractivity contribution < 1.29 is 0 Å². The fourth-order valence-electron chi connectivity index (χ4n) is 2.22. The lowest BCUT2D eigenvalue weighted by Gasteiger charge is -2.20. The SMILES string of the molecule is C=N/C(Br)=C(/C)N(C)CCCCn1ccc2c(Cl)ncnc21. The zero-order chi connectivity index (χ0) is 16.1. The van der Waals surface area contributed by atoms with E-state index in [4.69, 9.17) is 11.6 Å². The van der Waals surface area contributed by atoms with Crippen LogP contribution >= 0.6 is 27.5 Å². The van der Waals surface area contributed by atoms with E-state index in [0.717, 1.165) is 47.3 Å². The van der Waals surface area contributed by atoms with E-state index < -0.39 is 0 Å². The van der Waals surface area contributed by atoms with Crippen molar-refractivity contribution in [2.75, 3.05) is 13.6 Å². The molecular weight excluding hydrogens is 366 g/mol. The molecule has 0 N–H and O–H groups in total. The molecule has 0 radical (unpaired) electrons. The van der Waals surface area contributed by atoms with E-state index in [0.29, 0.717) is 5.15 Å². The molecule has 0 aliphatic heterocycles. The Bertz CT molecular complexity index is 694. The van der Waals surface area contributed by atoms with Crippen LogP contribution in [0.1, 0.15) is 19.8 Å². The maximum atomic E-state index is 6.06. The number of hydrogen-bond acceptors (Lipinski definition) is 4. The highest BCUT2D eigenvalue weighted by atomic mass is 79.9. The molecule has 7 heteroatoms. The van der Waals surface area contributed by atoms with Gasteiger partial charge >= 0.3 is 0 Å². The van der Waals surface area contributed by atoms with Crippen molar-refractivity contribution in [3.63, 3.8) is 0 Å². The molecule has 2 rings (SSSR count). The molecule has 0 bridgehead atoms. The molecular formula is C15H19BrClN5. The van der Waals surface area contributed by atoms with Gasteiger partial charge in [0.1, 0.15) is 21.7 Å². The zero-order valence-corrected chi connectivity index (χ0v) is 15.1. The second-order valence-electron chi connectivity index (χ2n) is 5.07. The monoisotopic (exact) mass is 383 g/mol. The molecule has 5 nitrogen and oxygen atoms in total. The third-order valence-corrected chi connectivity index (χ3v) is 4.79. The average Bonchev–Trinajstić information content (AvgIpc) is 2.94. The second kappa shape index (κ2) is 7.74. The second-order valence-corrected chi connectivity index (χ2v) is 6.18. The van der Waals surface area contributed by atoms with Gasteiger partial charge in [0.15, 0.2) is 0 Å². The summed E-state index contributed by atoms with van der Waals surface area (Å²) < 4.78 is 2.91. The van der Waals surface area contributed by atoms with Crippen LogP contribution in [0.25, 0.3) is 11.0 Å². The summed E-state index contributed by atoms with van der Waals surface area (Å²) in [6.07, 6.45) is 5.65. The molecule has 2 heterocycles. The van der Waals surface area contributed by atoms with Crippen LogP contribution in [-0.2, 0) is 6.54 Å². The minimum Gasteiger partial charge on any atom is -0.376 e. The molecule has 22 heavy (non-hydrogen) atoms. The number of hydrogen-bond donors (Lipinski definition) is 0. The summed E-state index contributed by atoms with van der Waals surface area (Å²) in [4.78, 5) is 14.4. The first-order chi connectivity index (χ1) is 10.5. The summed E-state index contributed by atoms with van der Waals surface area (Å²) in [5.41, 5.74) is 1.98.